The van der Waals surface area contributed by atoms with E-state index < -0.39 is 6.10 Å². The van der Waals surface area contributed by atoms with Gasteiger partial charge in [0.25, 0.3) is 0 Å². The monoisotopic (exact) mass is 943 g/mol. The van der Waals surface area contributed by atoms with Gasteiger partial charge >= 0.3 is 17.9 Å². The second kappa shape index (κ2) is 56.5. The van der Waals surface area contributed by atoms with Crippen molar-refractivity contribution in [1.29, 1.82) is 0 Å². The first kappa shape index (κ1) is 64.9. The lowest BCUT2D eigenvalue weighted by Crippen LogP contribution is -2.30. The summed E-state index contributed by atoms with van der Waals surface area (Å²) in [5.41, 5.74) is 0. The Balaban J connectivity index is 4.33. The molecule has 0 spiro atoms. The lowest BCUT2D eigenvalue weighted by atomic mass is 10.0. The highest BCUT2D eigenvalue weighted by molar-refractivity contribution is 5.71. The van der Waals surface area contributed by atoms with Gasteiger partial charge in [-0.1, -0.05) is 263 Å². The average molecular weight is 944 g/mol. The van der Waals surface area contributed by atoms with E-state index in [1.165, 1.54) is 231 Å². The summed E-state index contributed by atoms with van der Waals surface area (Å²) in [4.78, 5) is 38.2. The zero-order valence-corrected chi connectivity index (χ0v) is 45.2. The van der Waals surface area contributed by atoms with E-state index in [0.717, 1.165) is 57.8 Å². The van der Waals surface area contributed by atoms with Crippen LogP contribution >= 0.6 is 0 Å². The number of allylic oxidation sites excluding steroid dienone is 4. The first-order chi connectivity index (χ1) is 33.0. The van der Waals surface area contributed by atoms with Gasteiger partial charge in [-0.25, -0.2) is 0 Å². The number of carbonyl (C=O) groups is 3. The van der Waals surface area contributed by atoms with Crippen LogP contribution in [0.3, 0.4) is 0 Å². The van der Waals surface area contributed by atoms with Crippen LogP contribution in [0.5, 0.6) is 0 Å². The van der Waals surface area contributed by atoms with Crippen molar-refractivity contribution < 1.29 is 28.6 Å². The van der Waals surface area contributed by atoms with Crippen LogP contribution in [0.15, 0.2) is 24.3 Å². The van der Waals surface area contributed by atoms with Crippen LogP contribution in [0.25, 0.3) is 0 Å². The first-order valence-electron chi connectivity index (χ1n) is 29.8. The average Bonchev–Trinajstić information content (AvgIpc) is 3.33. The van der Waals surface area contributed by atoms with E-state index in [4.69, 9.17) is 14.2 Å². The highest BCUT2D eigenvalue weighted by Gasteiger charge is 2.19. The summed E-state index contributed by atoms with van der Waals surface area (Å²) in [6.45, 7) is 6.67. The minimum absolute atomic E-state index is 0.0704. The predicted molar refractivity (Wildman–Crippen MR) is 289 cm³/mol. The van der Waals surface area contributed by atoms with Gasteiger partial charge in [0, 0.05) is 19.3 Å². The van der Waals surface area contributed by atoms with Crippen LogP contribution in [0.1, 0.15) is 329 Å². The lowest BCUT2D eigenvalue weighted by molar-refractivity contribution is -0.167. The molecule has 0 rings (SSSR count). The van der Waals surface area contributed by atoms with Gasteiger partial charge in [-0.05, 0) is 70.6 Å². The van der Waals surface area contributed by atoms with Crippen molar-refractivity contribution in [3.05, 3.63) is 24.3 Å². The van der Waals surface area contributed by atoms with Crippen LogP contribution in [-0.2, 0) is 28.6 Å². The first-order valence-corrected chi connectivity index (χ1v) is 29.8. The van der Waals surface area contributed by atoms with Crippen molar-refractivity contribution in [2.45, 2.75) is 335 Å². The Morgan fingerprint density at radius 1 is 0.284 bits per heavy atom. The fourth-order valence-electron chi connectivity index (χ4n) is 8.91. The van der Waals surface area contributed by atoms with E-state index in [2.05, 4.69) is 45.1 Å². The molecule has 1 atom stereocenters. The Morgan fingerprint density at radius 3 is 0.761 bits per heavy atom. The molecule has 6 nitrogen and oxygen atoms in total. The Morgan fingerprint density at radius 2 is 0.493 bits per heavy atom. The van der Waals surface area contributed by atoms with Crippen molar-refractivity contribution in [1.82, 2.24) is 0 Å². The van der Waals surface area contributed by atoms with E-state index >= 15 is 0 Å². The number of hydrogen-bond acceptors (Lipinski definition) is 6. The van der Waals surface area contributed by atoms with Crippen LogP contribution in [0.2, 0.25) is 0 Å². The van der Waals surface area contributed by atoms with Gasteiger partial charge in [0.2, 0.25) is 0 Å². The maximum absolute atomic E-state index is 12.9. The number of ether oxygens (including phenoxy) is 3. The third kappa shape index (κ3) is 54.7. The maximum Gasteiger partial charge on any atom is 0.306 e. The molecule has 0 aromatic heterocycles. The molecule has 0 N–H and O–H groups in total. The van der Waals surface area contributed by atoms with Crippen LogP contribution < -0.4 is 0 Å². The normalized spacial score (nSPS) is 12.1. The molecular weight excluding hydrogens is 829 g/mol. The number of carbonyl (C=O) groups excluding carboxylic acids is 3. The zero-order chi connectivity index (χ0) is 48.6. The summed E-state index contributed by atoms with van der Waals surface area (Å²) in [5.74, 6) is -0.856. The molecule has 394 valence electrons. The molecule has 0 amide bonds. The Labute approximate surface area is 417 Å². The predicted octanol–water partition coefficient (Wildman–Crippen LogP) is 19.9. The van der Waals surface area contributed by atoms with Crippen molar-refractivity contribution >= 4 is 17.9 Å². The topological polar surface area (TPSA) is 78.9 Å². The van der Waals surface area contributed by atoms with E-state index in [-0.39, 0.29) is 31.1 Å². The third-order valence-corrected chi connectivity index (χ3v) is 13.4. The number of esters is 3. The van der Waals surface area contributed by atoms with Crippen molar-refractivity contribution in [2.75, 3.05) is 13.2 Å². The van der Waals surface area contributed by atoms with Crippen LogP contribution in [0, 0.1) is 0 Å². The molecule has 0 radical (unpaired) electrons. The van der Waals surface area contributed by atoms with E-state index in [1.807, 2.05) is 0 Å². The summed E-state index contributed by atoms with van der Waals surface area (Å²) < 4.78 is 16.9. The molecule has 0 fully saturated rings. The number of unbranched alkanes of at least 4 members (excludes halogenated alkanes) is 40. The highest BCUT2D eigenvalue weighted by Crippen LogP contribution is 2.17. The largest absolute Gasteiger partial charge is 0.462 e. The van der Waals surface area contributed by atoms with Gasteiger partial charge in [-0.3, -0.25) is 14.4 Å². The van der Waals surface area contributed by atoms with E-state index in [1.54, 1.807) is 0 Å². The molecule has 6 heteroatoms. The fourth-order valence-corrected chi connectivity index (χ4v) is 8.91. The smallest absolute Gasteiger partial charge is 0.306 e. The summed E-state index contributed by atoms with van der Waals surface area (Å²) >= 11 is 0. The van der Waals surface area contributed by atoms with E-state index in [0.29, 0.717) is 19.3 Å². The summed E-state index contributed by atoms with van der Waals surface area (Å²) in [6, 6.07) is 0. The minimum atomic E-state index is -0.771. The zero-order valence-electron chi connectivity index (χ0n) is 45.2. The summed E-state index contributed by atoms with van der Waals surface area (Å²) in [5, 5.41) is 0. The van der Waals surface area contributed by atoms with E-state index in [9.17, 15) is 14.4 Å². The number of hydrogen-bond donors (Lipinski definition) is 0. The second-order valence-electron chi connectivity index (χ2n) is 20.3. The van der Waals surface area contributed by atoms with Crippen molar-refractivity contribution in [3.8, 4) is 0 Å². The highest BCUT2D eigenvalue weighted by atomic mass is 16.6. The Hall–Kier alpha value is -2.11. The van der Waals surface area contributed by atoms with Gasteiger partial charge < -0.3 is 14.2 Å². The molecule has 67 heavy (non-hydrogen) atoms. The van der Waals surface area contributed by atoms with Crippen molar-refractivity contribution in [3.63, 3.8) is 0 Å². The Bertz CT molecular complexity index is 1080. The second-order valence-corrected chi connectivity index (χ2v) is 20.3. The number of rotatable bonds is 55. The van der Waals surface area contributed by atoms with Gasteiger partial charge in [0.15, 0.2) is 6.10 Å². The SMILES string of the molecule is CCCCCC/C=C\CCCCCCCCCC(=O)OC[C@@H](COC(=O)CCCCCCCCC/C=C\CCCCCCCC)OC(=O)CCCCCCCCCCCCCCCCCCC. The summed E-state index contributed by atoms with van der Waals surface area (Å²) in [7, 11) is 0. The van der Waals surface area contributed by atoms with Crippen LogP contribution in [-0.4, -0.2) is 37.2 Å². The molecule has 0 saturated carbocycles. The maximum atomic E-state index is 12.9. The van der Waals surface area contributed by atoms with Gasteiger partial charge in [-0.2, -0.15) is 0 Å². The molecule has 0 aromatic carbocycles. The minimum Gasteiger partial charge on any atom is -0.462 e. The summed E-state index contributed by atoms with van der Waals surface area (Å²) in [6.07, 6.45) is 65.9. The van der Waals surface area contributed by atoms with Gasteiger partial charge in [-0.15, -0.1) is 0 Å². The molecule has 0 aliphatic rings. The molecule has 0 heterocycles. The molecule has 0 aliphatic carbocycles. The van der Waals surface area contributed by atoms with Crippen molar-refractivity contribution in [2.24, 2.45) is 0 Å². The molecule has 0 aromatic rings. The Kier molecular flexibility index (Phi) is 54.7. The van der Waals surface area contributed by atoms with Gasteiger partial charge in [0.05, 0.1) is 0 Å². The molecule has 0 unspecified atom stereocenters. The molecule has 0 saturated heterocycles. The molecule has 0 aliphatic heterocycles. The molecular formula is C61H114O6. The fraction of sp³-hybridized carbons (Fsp3) is 0.885. The van der Waals surface area contributed by atoms with Gasteiger partial charge in [0.1, 0.15) is 13.2 Å². The lowest BCUT2D eigenvalue weighted by Gasteiger charge is -2.18. The third-order valence-electron chi connectivity index (χ3n) is 13.4. The molecule has 0 bridgehead atoms. The quantitative estimate of drug-likeness (QED) is 0.0262. The standard InChI is InChI=1S/C61H114O6/c1-4-7-10-13-16-19-22-25-28-30-33-36-39-42-45-48-51-54-60(63)66-57-58(56-65-59(62)53-50-47-44-41-38-35-32-27-24-21-18-15-12-9-6-3)67-61(64)55-52-49-46-43-40-37-34-31-29-26-23-20-17-14-11-8-5-2/h21,24-25,28,58H,4-20,22-23,26-27,29-57H2,1-3H3/b24-21-,28-25-/t58-/m0/s1. The van der Waals surface area contributed by atoms with Crippen LogP contribution in [0.4, 0.5) is 0 Å².